The maximum atomic E-state index is 13.7. The van der Waals surface area contributed by atoms with Crippen LogP contribution in [0, 0.1) is 0 Å². The van der Waals surface area contributed by atoms with Crippen molar-refractivity contribution in [1.29, 1.82) is 0 Å². The molecule has 0 aromatic heterocycles. The van der Waals surface area contributed by atoms with E-state index in [1.807, 2.05) is 66.7 Å². The predicted molar refractivity (Wildman–Crippen MR) is 126 cm³/mol. The number of rotatable bonds is 7. The van der Waals surface area contributed by atoms with Crippen molar-refractivity contribution in [2.45, 2.75) is 19.4 Å². The largest absolute Gasteiger partial charge is 0.466 e. The molecule has 0 aliphatic carbocycles. The predicted octanol–water partition coefficient (Wildman–Crippen LogP) is 4.22. The summed E-state index contributed by atoms with van der Waals surface area (Å²) in [4.78, 5) is 42.1. The number of nitrogens with zero attached hydrogens (tertiary/aromatic N) is 2. The average Bonchev–Trinajstić information content (AvgIpc) is 2.95. The summed E-state index contributed by atoms with van der Waals surface area (Å²) < 4.78 is 5.00. The lowest BCUT2D eigenvalue weighted by Crippen LogP contribution is -2.42. The van der Waals surface area contributed by atoms with Crippen molar-refractivity contribution >= 4 is 23.5 Å². The van der Waals surface area contributed by atoms with Gasteiger partial charge in [-0.1, -0.05) is 72.8 Å². The molecular weight excluding hydrogens is 416 g/mol. The van der Waals surface area contributed by atoms with Gasteiger partial charge in [-0.25, -0.2) is 0 Å². The monoisotopic (exact) mass is 442 g/mol. The molecule has 1 heterocycles. The van der Waals surface area contributed by atoms with E-state index < -0.39 is 12.0 Å². The Hall–Kier alpha value is -3.93. The van der Waals surface area contributed by atoms with E-state index in [-0.39, 0.29) is 37.9 Å². The smallest absolute Gasteiger partial charge is 0.307 e. The van der Waals surface area contributed by atoms with Crippen LogP contribution in [0.2, 0.25) is 0 Å². The number of ether oxygens (including phenoxy) is 1. The standard InChI is InChI=1S/C27H26N2O4/c1-2-33-25(31)17-18-28-19-24(30)29(23-16-10-9-15-22(23)27(28)32)26(20-11-5-3-6-12-20)21-13-7-4-8-14-21/h3-16,26H,2,17-19H2,1H3. The van der Waals surface area contributed by atoms with Gasteiger partial charge >= 0.3 is 5.97 Å². The second-order valence-corrected chi connectivity index (χ2v) is 7.79. The van der Waals surface area contributed by atoms with Crippen molar-refractivity contribution in [2.75, 3.05) is 24.6 Å². The lowest BCUT2D eigenvalue weighted by molar-refractivity contribution is -0.143. The minimum atomic E-state index is -0.404. The van der Waals surface area contributed by atoms with Crippen LogP contribution in [0.5, 0.6) is 0 Å². The number of fused-ring (bicyclic) bond motifs is 1. The molecular formula is C27H26N2O4. The Morgan fingerprint density at radius 3 is 2.06 bits per heavy atom. The molecule has 6 nitrogen and oxygen atoms in total. The van der Waals surface area contributed by atoms with Gasteiger partial charge in [0.2, 0.25) is 5.91 Å². The van der Waals surface area contributed by atoms with Gasteiger partial charge in [-0.15, -0.1) is 0 Å². The summed E-state index contributed by atoms with van der Waals surface area (Å²) in [5, 5.41) is 0. The van der Waals surface area contributed by atoms with Gasteiger partial charge in [0.15, 0.2) is 0 Å². The second-order valence-electron chi connectivity index (χ2n) is 7.79. The van der Waals surface area contributed by atoms with E-state index in [4.69, 9.17) is 4.74 Å². The maximum absolute atomic E-state index is 13.7. The second kappa shape index (κ2) is 10.1. The van der Waals surface area contributed by atoms with Gasteiger partial charge in [0.05, 0.1) is 30.3 Å². The van der Waals surface area contributed by atoms with Crippen molar-refractivity contribution < 1.29 is 19.1 Å². The number of esters is 1. The maximum Gasteiger partial charge on any atom is 0.307 e. The molecule has 168 valence electrons. The summed E-state index contributed by atoms with van der Waals surface area (Å²) in [5.74, 6) is -0.876. The van der Waals surface area contributed by atoms with E-state index in [0.717, 1.165) is 11.1 Å². The summed E-state index contributed by atoms with van der Waals surface area (Å²) in [6.45, 7) is 2.01. The Labute approximate surface area is 193 Å². The molecule has 0 atom stereocenters. The molecule has 3 aromatic rings. The van der Waals surface area contributed by atoms with Crippen LogP contribution >= 0.6 is 0 Å². The minimum Gasteiger partial charge on any atom is -0.466 e. The van der Waals surface area contributed by atoms with Gasteiger partial charge in [0.25, 0.3) is 5.91 Å². The Morgan fingerprint density at radius 1 is 0.879 bits per heavy atom. The Morgan fingerprint density at radius 2 is 1.45 bits per heavy atom. The molecule has 0 fully saturated rings. The number of para-hydroxylation sites is 1. The molecule has 0 saturated heterocycles. The van der Waals surface area contributed by atoms with Crippen LogP contribution in [-0.4, -0.2) is 42.4 Å². The molecule has 0 radical (unpaired) electrons. The molecule has 4 rings (SSSR count). The number of carbonyl (C=O) groups excluding carboxylic acids is 3. The Bertz CT molecular complexity index is 1090. The van der Waals surface area contributed by atoms with Crippen LogP contribution in [0.3, 0.4) is 0 Å². The molecule has 2 amide bonds. The fourth-order valence-corrected chi connectivity index (χ4v) is 4.16. The van der Waals surface area contributed by atoms with Crippen LogP contribution < -0.4 is 4.90 Å². The lowest BCUT2D eigenvalue weighted by atomic mass is 9.95. The number of anilines is 1. The summed E-state index contributed by atoms with van der Waals surface area (Å²) in [6, 6.07) is 26.3. The van der Waals surface area contributed by atoms with Gasteiger partial charge in [0, 0.05) is 6.54 Å². The van der Waals surface area contributed by atoms with Crippen LogP contribution in [-0.2, 0) is 14.3 Å². The summed E-state index contributed by atoms with van der Waals surface area (Å²) in [7, 11) is 0. The molecule has 0 spiro atoms. The van der Waals surface area contributed by atoms with Crippen molar-refractivity contribution in [2.24, 2.45) is 0 Å². The zero-order chi connectivity index (χ0) is 23.2. The molecule has 1 aliphatic heterocycles. The molecule has 0 N–H and O–H groups in total. The first-order valence-corrected chi connectivity index (χ1v) is 11.1. The van der Waals surface area contributed by atoms with E-state index in [2.05, 4.69) is 0 Å². The number of hydrogen-bond acceptors (Lipinski definition) is 4. The summed E-state index contributed by atoms with van der Waals surface area (Å²) >= 11 is 0. The molecule has 6 heteroatoms. The molecule has 0 saturated carbocycles. The average molecular weight is 443 g/mol. The first-order chi connectivity index (χ1) is 16.1. The topological polar surface area (TPSA) is 66.9 Å². The van der Waals surface area contributed by atoms with E-state index in [1.165, 1.54) is 4.90 Å². The number of benzene rings is 3. The third-order valence-electron chi connectivity index (χ3n) is 5.66. The van der Waals surface area contributed by atoms with Crippen LogP contribution in [0.15, 0.2) is 84.9 Å². The third kappa shape index (κ3) is 4.80. The van der Waals surface area contributed by atoms with E-state index >= 15 is 0 Å². The van der Waals surface area contributed by atoms with Gasteiger partial charge < -0.3 is 9.64 Å². The van der Waals surface area contributed by atoms with Crippen molar-refractivity contribution in [3.05, 3.63) is 102 Å². The Balaban J connectivity index is 1.78. The van der Waals surface area contributed by atoms with Gasteiger partial charge in [0.1, 0.15) is 6.54 Å². The Kier molecular flexibility index (Phi) is 6.83. The molecule has 0 bridgehead atoms. The highest BCUT2D eigenvalue weighted by atomic mass is 16.5. The number of hydrogen-bond donors (Lipinski definition) is 0. The molecule has 33 heavy (non-hydrogen) atoms. The third-order valence-corrected chi connectivity index (χ3v) is 5.66. The van der Waals surface area contributed by atoms with Crippen molar-refractivity contribution in [1.82, 2.24) is 4.90 Å². The highest BCUT2D eigenvalue weighted by Gasteiger charge is 2.36. The van der Waals surface area contributed by atoms with Crippen LogP contribution in [0.25, 0.3) is 0 Å². The van der Waals surface area contributed by atoms with Crippen molar-refractivity contribution in [3.63, 3.8) is 0 Å². The summed E-state index contributed by atoms with van der Waals surface area (Å²) in [5.41, 5.74) is 2.88. The SMILES string of the molecule is CCOC(=O)CCN1CC(=O)N(C(c2ccccc2)c2ccccc2)c2ccccc2C1=O. The quantitative estimate of drug-likeness (QED) is 0.514. The van der Waals surface area contributed by atoms with Gasteiger partial charge in [-0.3, -0.25) is 19.3 Å². The van der Waals surface area contributed by atoms with Gasteiger partial charge in [-0.2, -0.15) is 0 Å². The van der Waals surface area contributed by atoms with Gasteiger partial charge in [-0.05, 0) is 30.2 Å². The molecule has 1 aliphatic rings. The highest BCUT2D eigenvalue weighted by molar-refractivity contribution is 6.10. The number of carbonyl (C=O) groups is 3. The first-order valence-electron chi connectivity index (χ1n) is 11.1. The van der Waals surface area contributed by atoms with E-state index in [9.17, 15) is 14.4 Å². The fourth-order valence-electron chi connectivity index (χ4n) is 4.16. The lowest BCUT2D eigenvalue weighted by Gasteiger charge is -2.32. The normalized spacial score (nSPS) is 13.6. The molecule has 0 unspecified atom stereocenters. The van der Waals surface area contributed by atoms with Crippen LogP contribution in [0.1, 0.15) is 40.9 Å². The van der Waals surface area contributed by atoms with Crippen molar-refractivity contribution in [3.8, 4) is 0 Å². The van der Waals surface area contributed by atoms with E-state index in [0.29, 0.717) is 11.3 Å². The van der Waals surface area contributed by atoms with E-state index in [1.54, 1.807) is 30.0 Å². The first kappa shape index (κ1) is 22.3. The fraction of sp³-hybridized carbons (Fsp3) is 0.222. The zero-order valence-electron chi connectivity index (χ0n) is 18.5. The highest BCUT2D eigenvalue weighted by Crippen LogP contribution is 2.37. The minimum absolute atomic E-state index is 0.0375. The zero-order valence-corrected chi connectivity index (χ0v) is 18.5. The molecule has 3 aromatic carbocycles. The van der Waals surface area contributed by atoms with Crippen LogP contribution in [0.4, 0.5) is 5.69 Å². The number of amides is 2. The summed E-state index contributed by atoms with van der Waals surface area (Å²) in [6.07, 6.45) is 0.0375.